The van der Waals surface area contributed by atoms with Gasteiger partial charge in [0.15, 0.2) is 12.2 Å². The molecule has 0 spiro atoms. The second kappa shape index (κ2) is 3.34. The summed E-state index contributed by atoms with van der Waals surface area (Å²) in [7, 11) is 0. The van der Waals surface area contributed by atoms with Crippen molar-refractivity contribution in [2.24, 2.45) is 0 Å². The average Bonchev–Trinajstić information content (AvgIpc) is 2.75. The van der Waals surface area contributed by atoms with E-state index in [9.17, 15) is 0 Å². The van der Waals surface area contributed by atoms with Crippen molar-refractivity contribution >= 4 is 11.3 Å². The minimum atomic E-state index is 0.585. The van der Waals surface area contributed by atoms with Crippen molar-refractivity contribution in [2.45, 2.75) is 19.8 Å². The number of hydrogen-bond donors (Lipinski definition) is 0. The summed E-state index contributed by atoms with van der Waals surface area (Å²) in [4.78, 5) is 6.43. The van der Waals surface area contributed by atoms with Crippen LogP contribution in [0.15, 0.2) is 29.1 Å². The first-order chi connectivity index (χ1) is 6.27. The van der Waals surface area contributed by atoms with E-state index in [2.05, 4.69) is 31.0 Å². The molecule has 0 N–H and O–H groups in total. The summed E-state index contributed by atoms with van der Waals surface area (Å²) in [5.74, 6) is 1.44. The lowest BCUT2D eigenvalue weighted by atomic mass is 10.2. The normalized spacial score (nSPS) is 11.0. The first-order valence-corrected chi connectivity index (χ1v) is 5.07. The average molecular weight is 193 g/mol. The maximum Gasteiger partial charge on any atom is 0.181 e. The van der Waals surface area contributed by atoms with E-state index in [0.29, 0.717) is 5.92 Å². The second-order valence-corrected chi connectivity index (χ2v) is 4.34. The van der Waals surface area contributed by atoms with Gasteiger partial charge in [0.25, 0.3) is 0 Å². The number of hydrogen-bond acceptors (Lipinski definition) is 3. The number of nitrogens with zero attached hydrogens (tertiary/aromatic N) is 1. The predicted octanol–water partition coefficient (Wildman–Crippen LogP) is 3.53. The molecule has 0 saturated carbocycles. The van der Waals surface area contributed by atoms with Crippen molar-refractivity contribution in [2.75, 3.05) is 0 Å². The minimum Gasteiger partial charge on any atom is -0.443 e. The zero-order chi connectivity index (χ0) is 9.26. The van der Waals surface area contributed by atoms with Crippen LogP contribution in [0.5, 0.6) is 0 Å². The quantitative estimate of drug-likeness (QED) is 0.729. The van der Waals surface area contributed by atoms with Crippen LogP contribution >= 0.6 is 11.3 Å². The Labute approximate surface area is 81.2 Å². The summed E-state index contributed by atoms with van der Waals surface area (Å²) < 4.78 is 5.21. The molecular weight excluding hydrogens is 182 g/mol. The van der Waals surface area contributed by atoms with E-state index in [1.54, 1.807) is 17.5 Å². The highest BCUT2D eigenvalue weighted by molar-refractivity contribution is 7.15. The van der Waals surface area contributed by atoms with Gasteiger partial charge in [-0.05, 0) is 18.1 Å². The Morgan fingerprint density at radius 1 is 1.38 bits per heavy atom. The summed E-state index contributed by atoms with van der Waals surface area (Å²) in [6.45, 7) is 4.38. The molecule has 0 fully saturated rings. The Hall–Kier alpha value is -1.09. The van der Waals surface area contributed by atoms with Crippen LogP contribution in [0.3, 0.4) is 0 Å². The molecule has 2 heterocycles. The molecule has 0 atom stereocenters. The van der Waals surface area contributed by atoms with E-state index in [0.717, 1.165) is 10.6 Å². The predicted molar refractivity (Wildman–Crippen MR) is 53.9 cm³/mol. The first-order valence-electron chi connectivity index (χ1n) is 4.26. The molecule has 0 bridgehead atoms. The SMILES string of the molecule is CC(C)c1ccc(-c2cnco2)s1. The van der Waals surface area contributed by atoms with Crippen LogP contribution in [0.25, 0.3) is 10.6 Å². The monoisotopic (exact) mass is 193 g/mol. The second-order valence-electron chi connectivity index (χ2n) is 3.22. The molecule has 2 aromatic heterocycles. The summed E-state index contributed by atoms with van der Waals surface area (Å²) >= 11 is 1.76. The summed E-state index contributed by atoms with van der Waals surface area (Å²) in [6, 6.07) is 4.23. The van der Waals surface area contributed by atoms with Crippen molar-refractivity contribution < 1.29 is 4.42 Å². The van der Waals surface area contributed by atoms with E-state index in [1.807, 2.05) is 0 Å². The Kier molecular flexibility index (Phi) is 2.19. The van der Waals surface area contributed by atoms with Gasteiger partial charge in [0.2, 0.25) is 0 Å². The van der Waals surface area contributed by atoms with Gasteiger partial charge >= 0.3 is 0 Å². The maximum atomic E-state index is 5.21. The smallest absolute Gasteiger partial charge is 0.181 e. The highest BCUT2D eigenvalue weighted by atomic mass is 32.1. The Morgan fingerprint density at radius 2 is 2.23 bits per heavy atom. The molecule has 0 amide bonds. The van der Waals surface area contributed by atoms with Gasteiger partial charge in [-0.3, -0.25) is 0 Å². The van der Waals surface area contributed by atoms with Gasteiger partial charge < -0.3 is 4.42 Å². The molecule has 0 aromatic carbocycles. The number of rotatable bonds is 2. The van der Waals surface area contributed by atoms with Crippen molar-refractivity contribution in [1.82, 2.24) is 4.98 Å². The van der Waals surface area contributed by atoms with Gasteiger partial charge in [-0.25, -0.2) is 4.98 Å². The molecule has 0 aliphatic rings. The molecule has 0 aliphatic carbocycles. The van der Waals surface area contributed by atoms with Crippen LogP contribution in [-0.2, 0) is 0 Å². The maximum absolute atomic E-state index is 5.21. The number of aromatic nitrogens is 1. The summed E-state index contributed by atoms with van der Waals surface area (Å²) in [6.07, 6.45) is 3.21. The number of thiophene rings is 1. The van der Waals surface area contributed by atoms with E-state index < -0.39 is 0 Å². The van der Waals surface area contributed by atoms with Crippen LogP contribution in [0.4, 0.5) is 0 Å². The largest absolute Gasteiger partial charge is 0.443 e. The van der Waals surface area contributed by atoms with Crippen molar-refractivity contribution in [3.8, 4) is 10.6 Å². The van der Waals surface area contributed by atoms with E-state index in [-0.39, 0.29) is 0 Å². The van der Waals surface area contributed by atoms with Crippen LogP contribution in [0.1, 0.15) is 24.6 Å². The Morgan fingerprint density at radius 3 is 2.77 bits per heavy atom. The van der Waals surface area contributed by atoms with Crippen molar-refractivity contribution in [3.63, 3.8) is 0 Å². The van der Waals surface area contributed by atoms with Gasteiger partial charge in [-0.15, -0.1) is 11.3 Å². The molecule has 0 aliphatic heterocycles. The summed E-state index contributed by atoms with van der Waals surface area (Å²) in [5.41, 5.74) is 0. The fourth-order valence-electron chi connectivity index (χ4n) is 1.13. The third-order valence-corrected chi connectivity index (χ3v) is 3.27. The molecule has 2 rings (SSSR count). The molecule has 68 valence electrons. The lowest BCUT2D eigenvalue weighted by molar-refractivity contribution is 0.573. The highest BCUT2D eigenvalue weighted by Crippen LogP contribution is 2.31. The highest BCUT2D eigenvalue weighted by Gasteiger charge is 2.07. The molecule has 0 unspecified atom stereocenters. The fourth-order valence-corrected chi connectivity index (χ4v) is 2.10. The molecular formula is C10H11NOS. The van der Waals surface area contributed by atoms with E-state index in [1.165, 1.54) is 11.3 Å². The zero-order valence-corrected chi connectivity index (χ0v) is 8.47. The van der Waals surface area contributed by atoms with Gasteiger partial charge in [-0.2, -0.15) is 0 Å². The fraction of sp³-hybridized carbons (Fsp3) is 0.300. The van der Waals surface area contributed by atoms with Gasteiger partial charge in [0.1, 0.15) is 0 Å². The third kappa shape index (κ3) is 1.65. The van der Waals surface area contributed by atoms with Crippen LogP contribution in [-0.4, -0.2) is 4.98 Å². The first kappa shape index (κ1) is 8.51. The van der Waals surface area contributed by atoms with Gasteiger partial charge in [0, 0.05) is 4.88 Å². The standard InChI is InChI=1S/C10H11NOS/c1-7(2)9-3-4-10(13-9)8-5-11-6-12-8/h3-7H,1-2H3. The zero-order valence-electron chi connectivity index (χ0n) is 7.65. The number of oxazole rings is 1. The Balaban J connectivity index is 2.33. The van der Waals surface area contributed by atoms with Gasteiger partial charge in [0.05, 0.1) is 11.1 Å². The molecule has 0 radical (unpaired) electrons. The van der Waals surface area contributed by atoms with Crippen molar-refractivity contribution in [3.05, 3.63) is 29.6 Å². The van der Waals surface area contributed by atoms with E-state index in [4.69, 9.17) is 4.42 Å². The Bertz CT molecular complexity index is 375. The molecule has 3 heteroatoms. The van der Waals surface area contributed by atoms with Crippen LogP contribution in [0.2, 0.25) is 0 Å². The lowest BCUT2D eigenvalue weighted by Crippen LogP contribution is -1.77. The molecule has 13 heavy (non-hydrogen) atoms. The molecule has 2 nitrogen and oxygen atoms in total. The molecule has 2 aromatic rings. The van der Waals surface area contributed by atoms with Crippen LogP contribution in [0, 0.1) is 0 Å². The van der Waals surface area contributed by atoms with Crippen molar-refractivity contribution in [1.29, 1.82) is 0 Å². The third-order valence-electron chi connectivity index (χ3n) is 1.87. The van der Waals surface area contributed by atoms with Crippen LogP contribution < -0.4 is 0 Å². The topological polar surface area (TPSA) is 26.0 Å². The lowest BCUT2D eigenvalue weighted by Gasteiger charge is -1.96. The summed E-state index contributed by atoms with van der Waals surface area (Å²) in [5, 5.41) is 0. The molecule has 0 saturated heterocycles. The van der Waals surface area contributed by atoms with Gasteiger partial charge in [-0.1, -0.05) is 13.8 Å². The minimum absolute atomic E-state index is 0.585. The van der Waals surface area contributed by atoms with E-state index >= 15 is 0 Å².